The zero-order valence-electron chi connectivity index (χ0n) is 16.1. The average molecular weight is 366 g/mol. The minimum Gasteiger partial charge on any atom is -0.382 e. The van der Waals surface area contributed by atoms with Crippen molar-refractivity contribution in [1.82, 2.24) is 20.1 Å². The van der Waals surface area contributed by atoms with Crippen LogP contribution in [0.4, 0.5) is 0 Å². The molecule has 2 heterocycles. The normalized spacial score (nSPS) is 11.3. The molecule has 6 nitrogen and oxygen atoms in total. The highest BCUT2D eigenvalue weighted by Crippen LogP contribution is 2.26. The van der Waals surface area contributed by atoms with Crippen LogP contribution in [0.1, 0.15) is 43.6 Å². The molecule has 0 atom stereocenters. The Labute approximate surface area is 159 Å². The van der Waals surface area contributed by atoms with Gasteiger partial charge in [-0.15, -0.1) is 0 Å². The van der Waals surface area contributed by atoms with Gasteiger partial charge < -0.3 is 10.1 Å². The molecule has 0 unspecified atom stereocenters. The number of carbonyl (C=O) groups is 1. The van der Waals surface area contributed by atoms with Crippen LogP contribution in [0.3, 0.4) is 0 Å². The Bertz CT molecular complexity index is 903. The first kappa shape index (κ1) is 19.0. The second kappa shape index (κ2) is 8.77. The van der Waals surface area contributed by atoms with Crippen LogP contribution in [-0.4, -0.2) is 40.4 Å². The topological polar surface area (TPSA) is 69.0 Å². The van der Waals surface area contributed by atoms with Crippen LogP contribution in [0, 0.1) is 0 Å². The summed E-state index contributed by atoms with van der Waals surface area (Å²) in [5.41, 5.74) is 3.07. The lowest BCUT2D eigenvalue weighted by Gasteiger charge is -2.11. The molecule has 142 valence electrons. The zero-order valence-corrected chi connectivity index (χ0v) is 16.1. The molecule has 0 spiro atoms. The number of benzene rings is 1. The summed E-state index contributed by atoms with van der Waals surface area (Å²) >= 11 is 0. The van der Waals surface area contributed by atoms with Crippen molar-refractivity contribution in [1.29, 1.82) is 0 Å². The number of rotatable bonds is 8. The highest BCUT2D eigenvalue weighted by Gasteiger charge is 2.18. The van der Waals surface area contributed by atoms with E-state index in [1.807, 2.05) is 48.0 Å². The van der Waals surface area contributed by atoms with Gasteiger partial charge in [0.15, 0.2) is 5.65 Å². The van der Waals surface area contributed by atoms with Gasteiger partial charge in [0.25, 0.3) is 5.91 Å². The van der Waals surface area contributed by atoms with Gasteiger partial charge in [-0.1, -0.05) is 30.3 Å². The monoisotopic (exact) mass is 366 g/mol. The summed E-state index contributed by atoms with van der Waals surface area (Å²) in [7, 11) is 0. The predicted octanol–water partition coefficient (Wildman–Crippen LogP) is 3.84. The van der Waals surface area contributed by atoms with Crippen LogP contribution in [-0.2, 0) is 4.74 Å². The molecule has 2 aromatic heterocycles. The van der Waals surface area contributed by atoms with E-state index in [2.05, 4.69) is 24.3 Å². The van der Waals surface area contributed by atoms with Gasteiger partial charge >= 0.3 is 0 Å². The molecule has 0 aliphatic rings. The maximum atomic E-state index is 12.8. The van der Waals surface area contributed by atoms with Gasteiger partial charge in [-0.05, 0) is 33.3 Å². The van der Waals surface area contributed by atoms with Crippen LogP contribution in [0.5, 0.6) is 0 Å². The van der Waals surface area contributed by atoms with Gasteiger partial charge in [0.2, 0.25) is 0 Å². The van der Waals surface area contributed by atoms with E-state index < -0.39 is 0 Å². The van der Waals surface area contributed by atoms with Gasteiger partial charge in [-0.3, -0.25) is 4.79 Å². The van der Waals surface area contributed by atoms with Gasteiger partial charge in [0.1, 0.15) is 0 Å². The van der Waals surface area contributed by atoms with E-state index in [9.17, 15) is 4.79 Å². The Hall–Kier alpha value is -2.73. The minimum atomic E-state index is -0.112. The molecule has 1 amide bonds. The van der Waals surface area contributed by atoms with E-state index in [0.717, 1.165) is 28.7 Å². The molecule has 0 aliphatic heterocycles. The van der Waals surface area contributed by atoms with Crippen LogP contribution in [0.15, 0.2) is 42.6 Å². The fraction of sp³-hybridized carbons (Fsp3) is 0.381. The Balaban J connectivity index is 1.96. The molecule has 0 bridgehead atoms. The predicted molar refractivity (Wildman–Crippen MR) is 107 cm³/mol. The molecule has 27 heavy (non-hydrogen) atoms. The largest absolute Gasteiger partial charge is 0.382 e. The van der Waals surface area contributed by atoms with Gasteiger partial charge in [0.05, 0.1) is 22.8 Å². The SMILES string of the molecule is CCOCCCNC(=O)c1cc(-c2ccccc2)nc2c1cnn2C(C)C. The lowest BCUT2D eigenvalue weighted by Crippen LogP contribution is -2.25. The highest BCUT2D eigenvalue weighted by atomic mass is 16.5. The number of hydrogen-bond acceptors (Lipinski definition) is 4. The number of aromatic nitrogens is 3. The fourth-order valence-corrected chi connectivity index (χ4v) is 2.96. The van der Waals surface area contributed by atoms with E-state index in [-0.39, 0.29) is 11.9 Å². The maximum Gasteiger partial charge on any atom is 0.252 e. The number of nitrogens with zero attached hydrogens (tertiary/aromatic N) is 3. The molecular formula is C21H26N4O2. The number of hydrogen-bond donors (Lipinski definition) is 1. The van der Waals surface area contributed by atoms with Gasteiger partial charge in [0, 0.05) is 31.4 Å². The molecular weight excluding hydrogens is 340 g/mol. The van der Waals surface area contributed by atoms with Crippen LogP contribution < -0.4 is 5.32 Å². The summed E-state index contributed by atoms with van der Waals surface area (Å²) in [6, 6.07) is 11.9. The second-order valence-corrected chi connectivity index (χ2v) is 6.65. The molecule has 3 rings (SSSR count). The van der Waals surface area contributed by atoms with Crippen LogP contribution in [0.2, 0.25) is 0 Å². The molecule has 6 heteroatoms. The van der Waals surface area contributed by atoms with Crippen molar-refractivity contribution in [2.75, 3.05) is 19.8 Å². The smallest absolute Gasteiger partial charge is 0.252 e. The Kier molecular flexibility index (Phi) is 6.19. The first-order valence-corrected chi connectivity index (χ1v) is 9.41. The van der Waals surface area contributed by atoms with Crippen LogP contribution in [0.25, 0.3) is 22.3 Å². The molecule has 3 aromatic rings. The van der Waals surface area contributed by atoms with E-state index in [1.54, 1.807) is 6.20 Å². The zero-order chi connectivity index (χ0) is 19.2. The number of pyridine rings is 1. The highest BCUT2D eigenvalue weighted by molar-refractivity contribution is 6.06. The Morgan fingerprint density at radius 1 is 1.26 bits per heavy atom. The number of amides is 1. The van der Waals surface area contributed by atoms with Gasteiger partial charge in [-0.25, -0.2) is 9.67 Å². The summed E-state index contributed by atoms with van der Waals surface area (Å²) < 4.78 is 7.18. The average Bonchev–Trinajstić information content (AvgIpc) is 3.12. The molecule has 1 N–H and O–H groups in total. The molecule has 0 saturated carbocycles. The van der Waals surface area contributed by atoms with E-state index in [4.69, 9.17) is 9.72 Å². The molecule has 1 aromatic carbocycles. The quantitative estimate of drug-likeness (QED) is 0.615. The standard InChI is InChI=1S/C21H26N4O2/c1-4-27-12-8-11-22-21(26)17-13-19(16-9-6-5-7-10-16)24-20-18(17)14-23-25(20)15(2)3/h5-7,9-10,13-15H,4,8,11-12H2,1-3H3,(H,22,26). The van der Waals surface area contributed by atoms with Crippen molar-refractivity contribution < 1.29 is 9.53 Å². The molecule has 0 radical (unpaired) electrons. The van der Waals surface area contributed by atoms with Crippen molar-refractivity contribution in [3.63, 3.8) is 0 Å². The summed E-state index contributed by atoms with van der Waals surface area (Å²) in [6.45, 7) is 7.97. The second-order valence-electron chi connectivity index (χ2n) is 6.65. The van der Waals surface area contributed by atoms with Crippen molar-refractivity contribution in [3.8, 4) is 11.3 Å². The molecule has 0 saturated heterocycles. The number of ether oxygens (including phenoxy) is 1. The fourth-order valence-electron chi connectivity index (χ4n) is 2.96. The third-order valence-corrected chi connectivity index (χ3v) is 4.33. The number of fused-ring (bicyclic) bond motifs is 1. The summed E-state index contributed by atoms with van der Waals surface area (Å²) in [5, 5.41) is 8.20. The van der Waals surface area contributed by atoms with Crippen molar-refractivity contribution in [3.05, 3.63) is 48.2 Å². The summed E-state index contributed by atoms with van der Waals surface area (Å²) in [4.78, 5) is 17.6. The maximum absolute atomic E-state index is 12.8. The van der Waals surface area contributed by atoms with E-state index in [0.29, 0.717) is 25.3 Å². The first-order valence-electron chi connectivity index (χ1n) is 9.41. The third kappa shape index (κ3) is 4.34. The number of carbonyl (C=O) groups excluding carboxylic acids is 1. The van der Waals surface area contributed by atoms with Gasteiger partial charge in [-0.2, -0.15) is 5.10 Å². The summed E-state index contributed by atoms with van der Waals surface area (Å²) in [6.07, 6.45) is 2.51. The Morgan fingerprint density at radius 3 is 2.74 bits per heavy atom. The van der Waals surface area contributed by atoms with Crippen LogP contribution >= 0.6 is 0 Å². The lowest BCUT2D eigenvalue weighted by atomic mass is 10.1. The summed E-state index contributed by atoms with van der Waals surface area (Å²) in [5.74, 6) is -0.112. The molecule has 0 fully saturated rings. The first-order chi connectivity index (χ1) is 13.1. The Morgan fingerprint density at radius 2 is 2.04 bits per heavy atom. The minimum absolute atomic E-state index is 0.112. The number of nitrogens with one attached hydrogen (secondary N) is 1. The van der Waals surface area contributed by atoms with E-state index in [1.165, 1.54) is 0 Å². The van der Waals surface area contributed by atoms with E-state index >= 15 is 0 Å². The molecule has 0 aliphatic carbocycles. The lowest BCUT2D eigenvalue weighted by molar-refractivity contribution is 0.0946. The third-order valence-electron chi connectivity index (χ3n) is 4.33. The van der Waals surface area contributed by atoms with Crippen molar-refractivity contribution >= 4 is 16.9 Å². The van der Waals surface area contributed by atoms with Crippen molar-refractivity contribution in [2.45, 2.75) is 33.2 Å². The van der Waals surface area contributed by atoms with Crippen molar-refractivity contribution in [2.24, 2.45) is 0 Å².